The van der Waals surface area contributed by atoms with Gasteiger partial charge in [0.1, 0.15) is 12.0 Å². The van der Waals surface area contributed by atoms with Crippen LogP contribution in [0.1, 0.15) is 18.8 Å². The first-order valence-corrected chi connectivity index (χ1v) is 6.32. The molecule has 1 atom stereocenters. The maximum atomic E-state index is 11.0. The van der Waals surface area contributed by atoms with Gasteiger partial charge in [-0.25, -0.2) is 0 Å². The highest BCUT2D eigenvalue weighted by Crippen LogP contribution is 2.30. The molecular formula is C11H12BrN5O2. The van der Waals surface area contributed by atoms with Crippen LogP contribution in [-0.4, -0.2) is 19.7 Å². The van der Waals surface area contributed by atoms with Gasteiger partial charge < -0.3 is 9.88 Å². The number of hydrogen-bond acceptors (Lipinski definition) is 5. The Bertz CT molecular complexity index is 613. The van der Waals surface area contributed by atoms with Crippen molar-refractivity contribution in [2.45, 2.75) is 13.0 Å². The van der Waals surface area contributed by atoms with Crippen LogP contribution in [0.4, 0.5) is 11.4 Å². The molecule has 1 aromatic carbocycles. The molecule has 0 amide bonds. The molecule has 0 fully saturated rings. The van der Waals surface area contributed by atoms with Crippen LogP contribution in [0.2, 0.25) is 0 Å². The smallest absolute Gasteiger partial charge is 0.292 e. The van der Waals surface area contributed by atoms with Gasteiger partial charge in [-0.1, -0.05) is 15.9 Å². The second-order valence-electron chi connectivity index (χ2n) is 4.08. The number of nitrogens with zero attached hydrogens (tertiary/aromatic N) is 4. The third-order valence-electron chi connectivity index (χ3n) is 2.66. The average Bonchev–Trinajstić information content (AvgIpc) is 2.75. The summed E-state index contributed by atoms with van der Waals surface area (Å²) in [5.41, 5.74) is 0.465. The van der Waals surface area contributed by atoms with Crippen LogP contribution in [0, 0.1) is 10.1 Å². The number of nitro groups is 1. The van der Waals surface area contributed by atoms with E-state index in [1.165, 1.54) is 6.07 Å². The fraction of sp³-hybridized carbons (Fsp3) is 0.273. The van der Waals surface area contributed by atoms with Crippen molar-refractivity contribution >= 4 is 27.3 Å². The van der Waals surface area contributed by atoms with E-state index in [4.69, 9.17) is 0 Å². The number of nitro benzene ring substituents is 1. The van der Waals surface area contributed by atoms with Gasteiger partial charge in [0.25, 0.3) is 5.69 Å². The monoisotopic (exact) mass is 325 g/mol. The maximum absolute atomic E-state index is 11.0. The molecule has 7 nitrogen and oxygen atoms in total. The summed E-state index contributed by atoms with van der Waals surface area (Å²) in [5, 5.41) is 21.8. The van der Waals surface area contributed by atoms with Gasteiger partial charge in [-0.2, -0.15) is 0 Å². The first-order chi connectivity index (χ1) is 8.99. The molecule has 100 valence electrons. The molecule has 0 aliphatic carbocycles. The second-order valence-corrected chi connectivity index (χ2v) is 5.00. The Hall–Kier alpha value is -1.96. The fourth-order valence-electron chi connectivity index (χ4n) is 1.77. The van der Waals surface area contributed by atoms with E-state index < -0.39 is 4.92 Å². The Labute approximate surface area is 117 Å². The Morgan fingerprint density at radius 2 is 2.26 bits per heavy atom. The number of nitrogens with one attached hydrogen (secondary N) is 1. The zero-order valence-corrected chi connectivity index (χ0v) is 12.0. The molecule has 0 radical (unpaired) electrons. The summed E-state index contributed by atoms with van der Waals surface area (Å²) >= 11 is 3.30. The molecule has 1 aromatic heterocycles. The summed E-state index contributed by atoms with van der Waals surface area (Å²) < 4.78 is 2.53. The summed E-state index contributed by atoms with van der Waals surface area (Å²) in [4.78, 5) is 10.6. The van der Waals surface area contributed by atoms with E-state index in [1.54, 1.807) is 23.0 Å². The predicted molar refractivity (Wildman–Crippen MR) is 73.8 cm³/mol. The SMILES string of the molecule is CC(Nc1cc(Br)ccc1[N+](=O)[O-])c1nncn1C. The summed E-state index contributed by atoms with van der Waals surface area (Å²) in [6, 6.07) is 4.57. The molecule has 0 saturated carbocycles. The molecule has 0 aliphatic heterocycles. The molecule has 8 heteroatoms. The number of aromatic nitrogens is 3. The van der Waals surface area contributed by atoms with Gasteiger partial charge in [-0.3, -0.25) is 10.1 Å². The van der Waals surface area contributed by atoms with E-state index in [1.807, 2.05) is 14.0 Å². The van der Waals surface area contributed by atoms with Crippen molar-refractivity contribution in [1.29, 1.82) is 0 Å². The van der Waals surface area contributed by atoms with E-state index in [2.05, 4.69) is 31.4 Å². The number of halogens is 1. The molecular weight excluding hydrogens is 314 g/mol. The zero-order valence-electron chi connectivity index (χ0n) is 10.4. The minimum Gasteiger partial charge on any atom is -0.370 e. The van der Waals surface area contributed by atoms with Gasteiger partial charge in [0.2, 0.25) is 0 Å². The minimum atomic E-state index is -0.418. The highest BCUT2D eigenvalue weighted by atomic mass is 79.9. The van der Waals surface area contributed by atoms with Crippen LogP contribution < -0.4 is 5.32 Å². The minimum absolute atomic E-state index is 0.0252. The van der Waals surface area contributed by atoms with Crippen molar-refractivity contribution in [1.82, 2.24) is 14.8 Å². The first-order valence-electron chi connectivity index (χ1n) is 5.53. The fourth-order valence-corrected chi connectivity index (χ4v) is 2.13. The Morgan fingerprint density at radius 1 is 1.53 bits per heavy atom. The molecule has 1 heterocycles. The normalized spacial score (nSPS) is 12.2. The number of benzene rings is 1. The third kappa shape index (κ3) is 2.90. The van der Waals surface area contributed by atoms with Crippen molar-refractivity contribution in [3.8, 4) is 0 Å². The zero-order chi connectivity index (χ0) is 14.0. The largest absolute Gasteiger partial charge is 0.370 e. The van der Waals surface area contributed by atoms with Crippen LogP contribution >= 0.6 is 15.9 Å². The number of rotatable bonds is 4. The lowest BCUT2D eigenvalue weighted by Crippen LogP contribution is -2.13. The molecule has 0 aliphatic rings. The van der Waals surface area contributed by atoms with Crippen LogP contribution in [0.25, 0.3) is 0 Å². The Kier molecular flexibility index (Phi) is 3.79. The molecule has 0 spiro atoms. The quantitative estimate of drug-likeness (QED) is 0.689. The van der Waals surface area contributed by atoms with E-state index in [0.29, 0.717) is 11.5 Å². The summed E-state index contributed by atoms with van der Waals surface area (Å²) in [7, 11) is 1.82. The highest BCUT2D eigenvalue weighted by Gasteiger charge is 2.18. The molecule has 2 aromatic rings. The van der Waals surface area contributed by atoms with Crippen molar-refractivity contribution in [2.24, 2.45) is 7.05 Å². The Morgan fingerprint density at radius 3 is 2.84 bits per heavy atom. The van der Waals surface area contributed by atoms with Crippen LogP contribution in [0.3, 0.4) is 0 Å². The van der Waals surface area contributed by atoms with Gasteiger partial charge in [0.05, 0.1) is 11.0 Å². The molecule has 19 heavy (non-hydrogen) atoms. The van der Waals surface area contributed by atoms with Crippen molar-refractivity contribution in [3.63, 3.8) is 0 Å². The van der Waals surface area contributed by atoms with Crippen molar-refractivity contribution < 1.29 is 4.92 Å². The molecule has 2 rings (SSSR count). The van der Waals surface area contributed by atoms with E-state index >= 15 is 0 Å². The topological polar surface area (TPSA) is 85.9 Å². The van der Waals surface area contributed by atoms with Crippen molar-refractivity contribution in [3.05, 3.63) is 44.9 Å². The van der Waals surface area contributed by atoms with Gasteiger partial charge in [0.15, 0.2) is 5.82 Å². The van der Waals surface area contributed by atoms with E-state index in [-0.39, 0.29) is 11.7 Å². The van der Waals surface area contributed by atoms with Crippen LogP contribution in [-0.2, 0) is 7.05 Å². The molecule has 1 N–H and O–H groups in total. The lowest BCUT2D eigenvalue weighted by atomic mass is 10.2. The first kappa shape index (κ1) is 13.5. The molecule has 1 unspecified atom stereocenters. The van der Waals surface area contributed by atoms with Gasteiger partial charge in [0, 0.05) is 17.6 Å². The van der Waals surface area contributed by atoms with E-state index in [9.17, 15) is 10.1 Å². The summed E-state index contributed by atoms with van der Waals surface area (Å²) in [6.07, 6.45) is 1.59. The number of aryl methyl sites for hydroxylation is 1. The van der Waals surface area contributed by atoms with Crippen molar-refractivity contribution in [2.75, 3.05) is 5.32 Å². The van der Waals surface area contributed by atoms with Crippen LogP contribution in [0.5, 0.6) is 0 Å². The van der Waals surface area contributed by atoms with E-state index in [0.717, 1.165) is 4.47 Å². The standard InChI is InChI=1S/C11H12BrN5O2/c1-7(11-15-13-6-16(11)2)14-9-5-8(12)3-4-10(9)17(18)19/h3-7,14H,1-2H3. The van der Waals surface area contributed by atoms with Gasteiger partial charge >= 0.3 is 0 Å². The third-order valence-corrected chi connectivity index (χ3v) is 3.15. The summed E-state index contributed by atoms with van der Waals surface area (Å²) in [5.74, 6) is 0.703. The molecule has 0 saturated heterocycles. The number of anilines is 1. The van der Waals surface area contributed by atoms with Gasteiger partial charge in [-0.15, -0.1) is 10.2 Å². The maximum Gasteiger partial charge on any atom is 0.292 e. The average molecular weight is 326 g/mol. The second kappa shape index (κ2) is 5.35. The van der Waals surface area contributed by atoms with Crippen LogP contribution in [0.15, 0.2) is 29.0 Å². The van der Waals surface area contributed by atoms with Gasteiger partial charge in [-0.05, 0) is 19.1 Å². The highest BCUT2D eigenvalue weighted by molar-refractivity contribution is 9.10. The number of hydrogen-bond donors (Lipinski definition) is 1. The lowest BCUT2D eigenvalue weighted by molar-refractivity contribution is -0.384. The molecule has 0 bridgehead atoms. The summed E-state index contributed by atoms with van der Waals surface area (Å²) in [6.45, 7) is 1.87. The Balaban J connectivity index is 2.30. The lowest BCUT2D eigenvalue weighted by Gasteiger charge is -2.14. The predicted octanol–water partition coefficient (Wildman–Crippen LogP) is 2.66.